The van der Waals surface area contributed by atoms with Crippen molar-refractivity contribution in [3.05, 3.63) is 23.3 Å². The number of imidazole rings is 1. The molecule has 19 heavy (non-hydrogen) atoms. The van der Waals surface area contributed by atoms with E-state index >= 15 is 0 Å². The maximum Gasteiger partial charge on any atom is 0.113 e. The van der Waals surface area contributed by atoms with Crippen LogP contribution in [0.5, 0.6) is 0 Å². The van der Waals surface area contributed by atoms with Crippen molar-refractivity contribution in [2.75, 3.05) is 20.1 Å². The van der Waals surface area contributed by atoms with Crippen molar-refractivity contribution in [2.24, 2.45) is 0 Å². The fourth-order valence-electron chi connectivity index (χ4n) is 3.17. The summed E-state index contributed by atoms with van der Waals surface area (Å²) in [5.74, 6) is 1.22. The Labute approximate surface area is 115 Å². The summed E-state index contributed by atoms with van der Waals surface area (Å²) in [6, 6.07) is 0.622. The van der Waals surface area contributed by atoms with E-state index < -0.39 is 0 Å². The standard InChI is InChI=1S/C15H24N4/c1-12-14(19-9-4-3-7-15(19)17-12)10-16-13-6-5-8-18(2)11-13/h4,9,13,16H,3,5-8,10-11H2,1-2H3. The van der Waals surface area contributed by atoms with Gasteiger partial charge >= 0.3 is 0 Å². The highest BCUT2D eigenvalue weighted by atomic mass is 15.2. The van der Waals surface area contributed by atoms with Crippen LogP contribution < -0.4 is 5.32 Å². The Morgan fingerprint density at radius 3 is 3.21 bits per heavy atom. The summed E-state index contributed by atoms with van der Waals surface area (Å²) in [5, 5.41) is 3.71. The number of nitrogens with one attached hydrogen (secondary N) is 1. The van der Waals surface area contributed by atoms with Gasteiger partial charge in [-0.15, -0.1) is 0 Å². The van der Waals surface area contributed by atoms with Gasteiger partial charge in [0.25, 0.3) is 0 Å². The smallest absolute Gasteiger partial charge is 0.113 e. The lowest BCUT2D eigenvalue weighted by Gasteiger charge is -2.30. The minimum absolute atomic E-state index is 0.622. The molecule has 1 aromatic heterocycles. The number of hydrogen-bond donors (Lipinski definition) is 1. The van der Waals surface area contributed by atoms with Crippen LogP contribution in [0.2, 0.25) is 0 Å². The molecule has 0 spiro atoms. The molecule has 1 fully saturated rings. The molecular formula is C15H24N4. The van der Waals surface area contributed by atoms with Gasteiger partial charge in [0, 0.05) is 31.8 Å². The van der Waals surface area contributed by atoms with Crippen LogP contribution in [0.3, 0.4) is 0 Å². The van der Waals surface area contributed by atoms with Gasteiger partial charge in [-0.3, -0.25) is 0 Å². The van der Waals surface area contributed by atoms with Crippen molar-refractivity contribution >= 4 is 6.20 Å². The van der Waals surface area contributed by atoms with Crippen LogP contribution in [0.1, 0.15) is 36.5 Å². The molecule has 4 heteroatoms. The largest absolute Gasteiger partial charge is 0.307 e. The normalized spacial score (nSPS) is 23.6. The maximum absolute atomic E-state index is 4.69. The molecule has 104 valence electrons. The summed E-state index contributed by atoms with van der Waals surface area (Å²) in [5.41, 5.74) is 2.51. The first-order chi connectivity index (χ1) is 9.24. The average Bonchev–Trinajstić information content (AvgIpc) is 2.72. The number of aromatic nitrogens is 2. The van der Waals surface area contributed by atoms with Crippen molar-refractivity contribution in [1.29, 1.82) is 0 Å². The Morgan fingerprint density at radius 1 is 1.47 bits per heavy atom. The molecule has 1 N–H and O–H groups in total. The second-order valence-corrected chi connectivity index (χ2v) is 5.84. The molecule has 1 aromatic rings. The monoisotopic (exact) mass is 260 g/mol. The van der Waals surface area contributed by atoms with E-state index in [0.29, 0.717) is 6.04 Å². The molecule has 1 saturated heterocycles. The predicted octanol–water partition coefficient (Wildman–Crippen LogP) is 1.79. The molecule has 1 unspecified atom stereocenters. The Balaban J connectivity index is 1.67. The average molecular weight is 260 g/mol. The number of piperidine rings is 1. The van der Waals surface area contributed by atoms with E-state index in [-0.39, 0.29) is 0 Å². The van der Waals surface area contributed by atoms with Crippen molar-refractivity contribution < 1.29 is 0 Å². The fraction of sp³-hybridized carbons (Fsp3) is 0.667. The highest BCUT2D eigenvalue weighted by Gasteiger charge is 2.19. The van der Waals surface area contributed by atoms with Gasteiger partial charge < -0.3 is 14.8 Å². The summed E-state index contributed by atoms with van der Waals surface area (Å²) in [4.78, 5) is 7.11. The lowest BCUT2D eigenvalue weighted by atomic mass is 10.1. The summed E-state index contributed by atoms with van der Waals surface area (Å²) in [7, 11) is 2.21. The molecule has 4 nitrogen and oxygen atoms in total. The van der Waals surface area contributed by atoms with Gasteiger partial charge in [0.15, 0.2) is 0 Å². The number of allylic oxidation sites excluding steroid dienone is 1. The molecule has 0 saturated carbocycles. The molecule has 1 atom stereocenters. The lowest BCUT2D eigenvalue weighted by molar-refractivity contribution is 0.226. The van der Waals surface area contributed by atoms with E-state index in [1.54, 1.807) is 0 Å². The third-order valence-electron chi connectivity index (χ3n) is 4.26. The van der Waals surface area contributed by atoms with E-state index in [1.165, 1.54) is 36.6 Å². The number of aryl methyl sites for hydroxylation is 2. The van der Waals surface area contributed by atoms with Crippen LogP contribution in [0.25, 0.3) is 6.20 Å². The van der Waals surface area contributed by atoms with E-state index in [1.807, 2.05) is 0 Å². The molecule has 2 aliphatic rings. The van der Waals surface area contributed by atoms with Crippen LogP contribution in [0, 0.1) is 6.92 Å². The van der Waals surface area contributed by atoms with Crippen LogP contribution in [-0.4, -0.2) is 40.6 Å². The number of rotatable bonds is 3. The number of fused-ring (bicyclic) bond motifs is 1. The molecule has 0 radical (unpaired) electrons. The highest BCUT2D eigenvalue weighted by molar-refractivity contribution is 5.35. The van der Waals surface area contributed by atoms with E-state index in [9.17, 15) is 0 Å². The SMILES string of the molecule is Cc1nc2n(c1CNC1CCCN(C)C1)C=CCC2. The molecule has 0 amide bonds. The first kappa shape index (κ1) is 12.9. The quantitative estimate of drug-likeness (QED) is 0.899. The number of likely N-dealkylation sites (tertiary alicyclic amines) is 1. The maximum atomic E-state index is 4.69. The molecule has 3 heterocycles. The van der Waals surface area contributed by atoms with Crippen molar-refractivity contribution in [3.8, 4) is 0 Å². The summed E-state index contributed by atoms with van der Waals surface area (Å²) < 4.78 is 2.28. The van der Waals surface area contributed by atoms with E-state index in [4.69, 9.17) is 4.98 Å². The van der Waals surface area contributed by atoms with Gasteiger partial charge in [-0.05, 0) is 39.8 Å². The molecule has 0 aromatic carbocycles. The molecule has 3 rings (SSSR count). The Bertz CT molecular complexity index is 475. The van der Waals surface area contributed by atoms with Gasteiger partial charge in [0.1, 0.15) is 5.82 Å². The number of likely N-dealkylation sites (N-methyl/N-ethyl adjacent to an activating group) is 1. The summed E-state index contributed by atoms with van der Waals surface area (Å²) in [6.45, 7) is 5.46. The van der Waals surface area contributed by atoms with Gasteiger partial charge in [0.05, 0.1) is 11.4 Å². The van der Waals surface area contributed by atoms with Gasteiger partial charge in [-0.1, -0.05) is 6.08 Å². The zero-order valence-corrected chi connectivity index (χ0v) is 12.0. The molecule has 2 aliphatic heterocycles. The van der Waals surface area contributed by atoms with Crippen LogP contribution in [0.4, 0.5) is 0 Å². The van der Waals surface area contributed by atoms with Crippen LogP contribution in [0.15, 0.2) is 6.08 Å². The molecule has 0 aliphatic carbocycles. The zero-order valence-electron chi connectivity index (χ0n) is 12.0. The number of nitrogens with zero attached hydrogens (tertiary/aromatic N) is 3. The lowest BCUT2D eigenvalue weighted by Crippen LogP contribution is -2.43. The summed E-state index contributed by atoms with van der Waals surface area (Å²) >= 11 is 0. The second kappa shape index (κ2) is 5.47. The van der Waals surface area contributed by atoms with Crippen LogP contribution >= 0.6 is 0 Å². The zero-order chi connectivity index (χ0) is 13.2. The predicted molar refractivity (Wildman–Crippen MR) is 78.0 cm³/mol. The van der Waals surface area contributed by atoms with Crippen molar-refractivity contribution in [1.82, 2.24) is 19.8 Å². The van der Waals surface area contributed by atoms with Crippen LogP contribution in [-0.2, 0) is 13.0 Å². The highest BCUT2D eigenvalue weighted by Crippen LogP contribution is 2.18. The van der Waals surface area contributed by atoms with E-state index in [2.05, 4.69) is 41.0 Å². The molecular weight excluding hydrogens is 236 g/mol. The first-order valence-electron chi connectivity index (χ1n) is 7.39. The summed E-state index contributed by atoms with van der Waals surface area (Å²) in [6.07, 6.45) is 9.22. The minimum atomic E-state index is 0.622. The Hall–Kier alpha value is -1.13. The van der Waals surface area contributed by atoms with Gasteiger partial charge in [-0.2, -0.15) is 0 Å². The van der Waals surface area contributed by atoms with Crippen molar-refractivity contribution in [3.63, 3.8) is 0 Å². The third-order valence-corrected chi connectivity index (χ3v) is 4.26. The third kappa shape index (κ3) is 2.74. The second-order valence-electron chi connectivity index (χ2n) is 5.84. The minimum Gasteiger partial charge on any atom is -0.307 e. The molecule has 0 bridgehead atoms. The number of hydrogen-bond acceptors (Lipinski definition) is 3. The Kier molecular flexibility index (Phi) is 3.71. The fourth-order valence-corrected chi connectivity index (χ4v) is 3.17. The van der Waals surface area contributed by atoms with Gasteiger partial charge in [0.2, 0.25) is 0 Å². The van der Waals surface area contributed by atoms with Gasteiger partial charge in [-0.25, -0.2) is 4.98 Å². The first-order valence-corrected chi connectivity index (χ1v) is 7.39. The topological polar surface area (TPSA) is 33.1 Å². The van der Waals surface area contributed by atoms with Crippen molar-refractivity contribution in [2.45, 2.75) is 45.2 Å². The Morgan fingerprint density at radius 2 is 2.37 bits per heavy atom. The van der Waals surface area contributed by atoms with E-state index in [0.717, 1.165) is 25.9 Å².